The number of ether oxygens (including phenoxy) is 1. The number of aryl methyl sites for hydroxylation is 1. The van der Waals surface area contributed by atoms with Crippen LogP contribution >= 0.6 is 15.9 Å². The van der Waals surface area contributed by atoms with Gasteiger partial charge in [0.2, 0.25) is 0 Å². The highest BCUT2D eigenvalue weighted by molar-refractivity contribution is 9.10. The largest absolute Gasteiger partial charge is 0.456 e. The Hall–Kier alpha value is -1.53. The predicted octanol–water partition coefficient (Wildman–Crippen LogP) is 5.03. The third-order valence-electron chi connectivity index (χ3n) is 2.96. The van der Waals surface area contributed by atoms with Crippen molar-refractivity contribution in [3.8, 4) is 11.5 Å². The minimum atomic E-state index is -4.50. The van der Waals surface area contributed by atoms with Gasteiger partial charge in [0.25, 0.3) is 0 Å². The number of hydrogen-bond donors (Lipinski definition) is 1. The summed E-state index contributed by atoms with van der Waals surface area (Å²) in [5.74, 6) is 0.135. The molecule has 2 aromatic carbocycles. The molecule has 21 heavy (non-hydrogen) atoms. The summed E-state index contributed by atoms with van der Waals surface area (Å²) in [5, 5.41) is 0. The van der Waals surface area contributed by atoms with Crippen molar-refractivity contribution in [2.45, 2.75) is 19.6 Å². The van der Waals surface area contributed by atoms with Crippen LogP contribution in [-0.4, -0.2) is 0 Å². The SMILES string of the molecule is Cc1ccc(Br)cc1Oc1ccc(CN)cc1C(F)(F)F. The van der Waals surface area contributed by atoms with E-state index in [1.165, 1.54) is 12.1 Å². The molecule has 0 fully saturated rings. The summed E-state index contributed by atoms with van der Waals surface area (Å²) < 4.78 is 45.5. The normalized spacial score (nSPS) is 11.5. The summed E-state index contributed by atoms with van der Waals surface area (Å²) in [4.78, 5) is 0. The molecule has 0 aromatic heterocycles. The summed E-state index contributed by atoms with van der Waals surface area (Å²) in [6.07, 6.45) is -4.50. The zero-order chi connectivity index (χ0) is 15.6. The second kappa shape index (κ2) is 6.07. The number of halogens is 4. The number of alkyl halides is 3. The molecule has 2 nitrogen and oxygen atoms in total. The molecule has 2 N–H and O–H groups in total. The molecule has 0 aliphatic heterocycles. The third-order valence-corrected chi connectivity index (χ3v) is 3.45. The number of rotatable bonds is 3. The highest BCUT2D eigenvalue weighted by Gasteiger charge is 2.34. The summed E-state index contributed by atoms with van der Waals surface area (Å²) in [5.41, 5.74) is 5.71. The van der Waals surface area contributed by atoms with Gasteiger partial charge in [-0.3, -0.25) is 0 Å². The number of benzene rings is 2. The van der Waals surface area contributed by atoms with Crippen molar-refractivity contribution in [1.82, 2.24) is 0 Å². The maximum atomic E-state index is 13.1. The lowest BCUT2D eigenvalue weighted by molar-refractivity contribution is -0.138. The van der Waals surface area contributed by atoms with E-state index in [0.717, 1.165) is 16.1 Å². The van der Waals surface area contributed by atoms with Crippen molar-refractivity contribution in [3.05, 3.63) is 57.6 Å². The lowest BCUT2D eigenvalue weighted by Gasteiger charge is -2.16. The van der Waals surface area contributed by atoms with Crippen molar-refractivity contribution < 1.29 is 17.9 Å². The lowest BCUT2D eigenvalue weighted by Crippen LogP contribution is -2.09. The lowest BCUT2D eigenvalue weighted by atomic mass is 10.1. The fraction of sp³-hybridized carbons (Fsp3) is 0.200. The van der Waals surface area contributed by atoms with Gasteiger partial charge in [0.15, 0.2) is 0 Å². The fourth-order valence-electron chi connectivity index (χ4n) is 1.82. The van der Waals surface area contributed by atoms with Crippen molar-refractivity contribution in [2.75, 3.05) is 0 Å². The molecule has 0 unspecified atom stereocenters. The van der Waals surface area contributed by atoms with E-state index in [4.69, 9.17) is 10.5 Å². The Morgan fingerprint density at radius 1 is 1.10 bits per heavy atom. The van der Waals surface area contributed by atoms with Crippen LogP contribution in [0.3, 0.4) is 0 Å². The molecule has 0 saturated carbocycles. The molecule has 6 heteroatoms. The first kappa shape index (κ1) is 15.9. The molecule has 112 valence electrons. The molecule has 0 aliphatic carbocycles. The summed E-state index contributed by atoms with van der Waals surface area (Å²) in [7, 11) is 0. The predicted molar refractivity (Wildman–Crippen MR) is 78.3 cm³/mol. The molecule has 0 bridgehead atoms. The maximum Gasteiger partial charge on any atom is 0.419 e. The van der Waals surface area contributed by atoms with Crippen molar-refractivity contribution in [2.24, 2.45) is 5.73 Å². The molecular formula is C15H13BrF3NO. The second-order valence-electron chi connectivity index (χ2n) is 4.54. The Kier molecular flexibility index (Phi) is 4.58. The van der Waals surface area contributed by atoms with Gasteiger partial charge in [-0.15, -0.1) is 0 Å². The molecule has 2 aromatic rings. The topological polar surface area (TPSA) is 35.2 Å². The Balaban J connectivity index is 2.46. The Morgan fingerprint density at radius 3 is 2.43 bits per heavy atom. The molecule has 0 atom stereocenters. The Labute approximate surface area is 128 Å². The number of hydrogen-bond acceptors (Lipinski definition) is 2. The van der Waals surface area contributed by atoms with Crippen LogP contribution in [0.1, 0.15) is 16.7 Å². The van der Waals surface area contributed by atoms with E-state index in [1.807, 2.05) is 0 Å². The Morgan fingerprint density at radius 2 is 1.81 bits per heavy atom. The van der Waals surface area contributed by atoms with E-state index in [2.05, 4.69) is 15.9 Å². The van der Waals surface area contributed by atoms with Gasteiger partial charge in [-0.05, 0) is 42.3 Å². The van der Waals surface area contributed by atoms with Gasteiger partial charge in [0, 0.05) is 11.0 Å². The van der Waals surface area contributed by atoms with E-state index in [-0.39, 0.29) is 12.3 Å². The van der Waals surface area contributed by atoms with Crippen LogP contribution in [0.4, 0.5) is 13.2 Å². The van der Waals surface area contributed by atoms with E-state index in [9.17, 15) is 13.2 Å². The smallest absolute Gasteiger partial charge is 0.419 e. The van der Waals surface area contributed by atoms with Gasteiger partial charge < -0.3 is 10.5 Å². The van der Waals surface area contributed by atoms with Crippen LogP contribution in [0.15, 0.2) is 40.9 Å². The molecular weight excluding hydrogens is 347 g/mol. The fourth-order valence-corrected chi connectivity index (χ4v) is 2.16. The number of nitrogens with two attached hydrogens (primary N) is 1. The first-order valence-corrected chi connectivity index (χ1v) is 6.95. The first-order chi connectivity index (χ1) is 9.81. The molecule has 0 heterocycles. The van der Waals surface area contributed by atoms with E-state index < -0.39 is 11.7 Å². The molecule has 0 amide bonds. The third kappa shape index (κ3) is 3.77. The summed E-state index contributed by atoms with van der Waals surface area (Å²) >= 11 is 3.27. The van der Waals surface area contributed by atoms with Crippen LogP contribution in [-0.2, 0) is 12.7 Å². The molecule has 0 saturated heterocycles. The standard InChI is InChI=1S/C15H13BrF3NO/c1-9-2-4-11(16)7-14(9)21-13-5-3-10(8-20)6-12(13)15(17,18)19/h2-7H,8,20H2,1H3. The molecule has 0 aliphatic rings. The van der Waals surface area contributed by atoms with Gasteiger partial charge in [0.05, 0.1) is 5.56 Å². The minimum Gasteiger partial charge on any atom is -0.456 e. The van der Waals surface area contributed by atoms with Gasteiger partial charge in [-0.1, -0.05) is 28.1 Å². The van der Waals surface area contributed by atoms with Gasteiger partial charge >= 0.3 is 6.18 Å². The van der Waals surface area contributed by atoms with Crippen molar-refractivity contribution >= 4 is 15.9 Å². The quantitative estimate of drug-likeness (QED) is 0.834. The highest BCUT2D eigenvalue weighted by Crippen LogP contribution is 2.39. The zero-order valence-corrected chi connectivity index (χ0v) is 12.8. The van der Waals surface area contributed by atoms with Gasteiger partial charge in [-0.25, -0.2) is 0 Å². The molecule has 0 radical (unpaired) electrons. The monoisotopic (exact) mass is 359 g/mol. The van der Waals surface area contributed by atoms with Crippen LogP contribution in [0, 0.1) is 6.92 Å². The van der Waals surface area contributed by atoms with Gasteiger partial charge in [-0.2, -0.15) is 13.2 Å². The Bertz CT molecular complexity index is 656. The highest BCUT2D eigenvalue weighted by atomic mass is 79.9. The van der Waals surface area contributed by atoms with E-state index in [0.29, 0.717) is 11.3 Å². The summed E-state index contributed by atoms with van der Waals surface area (Å²) in [6.45, 7) is 1.81. The average Bonchev–Trinajstić information content (AvgIpc) is 2.42. The molecule has 0 spiro atoms. The first-order valence-electron chi connectivity index (χ1n) is 6.15. The van der Waals surface area contributed by atoms with Crippen LogP contribution in [0.2, 0.25) is 0 Å². The summed E-state index contributed by atoms with van der Waals surface area (Å²) in [6, 6.07) is 9.03. The second-order valence-corrected chi connectivity index (χ2v) is 5.46. The zero-order valence-electron chi connectivity index (χ0n) is 11.2. The van der Waals surface area contributed by atoms with Gasteiger partial charge in [0.1, 0.15) is 11.5 Å². The van der Waals surface area contributed by atoms with E-state index >= 15 is 0 Å². The van der Waals surface area contributed by atoms with Crippen LogP contribution in [0.25, 0.3) is 0 Å². The van der Waals surface area contributed by atoms with Crippen LogP contribution in [0.5, 0.6) is 11.5 Å². The van der Waals surface area contributed by atoms with Crippen LogP contribution < -0.4 is 10.5 Å². The van der Waals surface area contributed by atoms with Crippen molar-refractivity contribution in [1.29, 1.82) is 0 Å². The van der Waals surface area contributed by atoms with E-state index in [1.54, 1.807) is 25.1 Å². The van der Waals surface area contributed by atoms with Crippen molar-refractivity contribution in [3.63, 3.8) is 0 Å². The maximum absolute atomic E-state index is 13.1. The molecule has 2 rings (SSSR count). The average molecular weight is 360 g/mol. The minimum absolute atomic E-state index is 0.0409.